The van der Waals surface area contributed by atoms with Gasteiger partial charge >= 0.3 is 0 Å². The minimum absolute atomic E-state index is 0.0735. The van der Waals surface area contributed by atoms with Crippen molar-refractivity contribution in [3.8, 4) is 0 Å². The van der Waals surface area contributed by atoms with Gasteiger partial charge < -0.3 is 0 Å². The van der Waals surface area contributed by atoms with Crippen molar-refractivity contribution in [3.63, 3.8) is 0 Å². The summed E-state index contributed by atoms with van der Waals surface area (Å²) in [4.78, 5) is 19.3. The number of halogens is 1. The molecule has 2 heterocycles. The van der Waals surface area contributed by atoms with Crippen LogP contribution in [-0.2, 0) is 11.2 Å². The van der Waals surface area contributed by atoms with Gasteiger partial charge in [0.05, 0.1) is 17.5 Å². The SMILES string of the molecule is O=C1CSC2=NC3=C(CCc4ccccc43)C(c3ccc(Cl)cc3)N12. The zero-order valence-electron chi connectivity index (χ0n) is 13.4. The Labute approximate surface area is 155 Å². The molecule has 5 heteroatoms. The number of aliphatic imine (C=N–C) groups is 1. The van der Waals surface area contributed by atoms with Crippen LogP contribution in [0.5, 0.6) is 0 Å². The monoisotopic (exact) mass is 366 g/mol. The van der Waals surface area contributed by atoms with Gasteiger partial charge in [-0.2, -0.15) is 0 Å². The average molecular weight is 367 g/mol. The second-order valence-corrected chi connectivity index (χ2v) is 7.81. The van der Waals surface area contributed by atoms with Gasteiger partial charge in [0, 0.05) is 10.6 Å². The van der Waals surface area contributed by atoms with Gasteiger partial charge in [-0.15, -0.1) is 0 Å². The first-order valence-electron chi connectivity index (χ1n) is 8.33. The molecule has 0 saturated carbocycles. The van der Waals surface area contributed by atoms with Crippen LogP contribution >= 0.6 is 23.4 Å². The Morgan fingerprint density at radius 1 is 1.08 bits per heavy atom. The Balaban J connectivity index is 1.73. The van der Waals surface area contributed by atoms with Crippen LogP contribution in [-0.4, -0.2) is 21.7 Å². The number of hydrogen-bond acceptors (Lipinski definition) is 3. The second-order valence-electron chi connectivity index (χ2n) is 6.43. The quantitative estimate of drug-likeness (QED) is 0.733. The molecule has 25 heavy (non-hydrogen) atoms. The lowest BCUT2D eigenvalue weighted by molar-refractivity contribution is -0.125. The van der Waals surface area contributed by atoms with Crippen molar-refractivity contribution in [2.75, 3.05) is 5.75 Å². The number of carbonyl (C=O) groups is 1. The largest absolute Gasteiger partial charge is 0.279 e. The van der Waals surface area contributed by atoms with Crippen molar-refractivity contribution in [1.82, 2.24) is 4.90 Å². The van der Waals surface area contributed by atoms with Gasteiger partial charge in [0.25, 0.3) is 0 Å². The molecule has 2 aliphatic heterocycles. The van der Waals surface area contributed by atoms with Gasteiger partial charge in [-0.25, -0.2) is 4.99 Å². The van der Waals surface area contributed by atoms with Crippen LogP contribution in [0.2, 0.25) is 5.02 Å². The molecule has 1 saturated heterocycles. The van der Waals surface area contributed by atoms with Crippen molar-refractivity contribution < 1.29 is 4.79 Å². The number of amidine groups is 1. The lowest BCUT2D eigenvalue weighted by Crippen LogP contribution is -2.38. The fourth-order valence-electron chi connectivity index (χ4n) is 3.89. The summed E-state index contributed by atoms with van der Waals surface area (Å²) in [6.07, 6.45) is 1.91. The molecule has 2 aromatic carbocycles. The number of benzene rings is 2. The topological polar surface area (TPSA) is 32.7 Å². The molecule has 0 aromatic heterocycles. The fourth-order valence-corrected chi connectivity index (χ4v) is 4.91. The van der Waals surface area contributed by atoms with Gasteiger partial charge in [0.15, 0.2) is 5.17 Å². The number of carbonyl (C=O) groups excluding carboxylic acids is 1. The number of fused-ring (bicyclic) bond motifs is 3. The molecule has 5 rings (SSSR count). The lowest BCUT2D eigenvalue weighted by atomic mass is 9.82. The third-order valence-electron chi connectivity index (χ3n) is 5.02. The van der Waals surface area contributed by atoms with E-state index in [4.69, 9.17) is 16.6 Å². The highest BCUT2D eigenvalue weighted by Crippen LogP contribution is 2.47. The first-order chi connectivity index (χ1) is 12.2. The van der Waals surface area contributed by atoms with Gasteiger partial charge in [-0.3, -0.25) is 9.69 Å². The van der Waals surface area contributed by atoms with Crippen LogP contribution in [0.1, 0.15) is 29.2 Å². The van der Waals surface area contributed by atoms with Crippen molar-refractivity contribution in [2.45, 2.75) is 18.9 Å². The molecular formula is C20H15ClN2OS. The summed E-state index contributed by atoms with van der Waals surface area (Å²) < 4.78 is 0. The number of amides is 1. The highest BCUT2D eigenvalue weighted by atomic mass is 35.5. The molecule has 1 fully saturated rings. The van der Waals surface area contributed by atoms with E-state index < -0.39 is 0 Å². The Kier molecular flexibility index (Phi) is 3.50. The third kappa shape index (κ3) is 2.35. The van der Waals surface area contributed by atoms with E-state index in [1.165, 1.54) is 28.5 Å². The van der Waals surface area contributed by atoms with E-state index in [9.17, 15) is 4.79 Å². The van der Waals surface area contributed by atoms with Crippen LogP contribution in [0.25, 0.3) is 5.70 Å². The van der Waals surface area contributed by atoms with E-state index in [1.807, 2.05) is 29.2 Å². The lowest BCUT2D eigenvalue weighted by Gasteiger charge is -2.37. The molecule has 0 spiro atoms. The summed E-state index contributed by atoms with van der Waals surface area (Å²) in [7, 11) is 0. The van der Waals surface area contributed by atoms with E-state index in [0.29, 0.717) is 10.8 Å². The first kappa shape index (κ1) is 15.2. The molecule has 0 radical (unpaired) electrons. The zero-order chi connectivity index (χ0) is 17.0. The highest BCUT2D eigenvalue weighted by Gasteiger charge is 2.42. The van der Waals surface area contributed by atoms with Gasteiger partial charge in [-0.05, 0) is 41.7 Å². The maximum absolute atomic E-state index is 12.6. The van der Waals surface area contributed by atoms with Crippen LogP contribution in [0.4, 0.5) is 0 Å². The van der Waals surface area contributed by atoms with Crippen molar-refractivity contribution >= 4 is 40.1 Å². The molecule has 1 unspecified atom stereocenters. The van der Waals surface area contributed by atoms with E-state index in [0.717, 1.165) is 29.3 Å². The molecule has 1 aliphatic carbocycles. The summed E-state index contributed by atoms with van der Waals surface area (Å²) in [5.74, 6) is 0.597. The number of nitrogens with zero attached hydrogens (tertiary/aromatic N) is 2. The number of rotatable bonds is 1. The molecule has 1 amide bonds. The maximum Gasteiger partial charge on any atom is 0.239 e. The molecular weight excluding hydrogens is 352 g/mol. The molecule has 0 N–H and O–H groups in total. The van der Waals surface area contributed by atoms with E-state index in [-0.39, 0.29) is 11.9 Å². The Morgan fingerprint density at radius 2 is 1.88 bits per heavy atom. The summed E-state index contributed by atoms with van der Waals surface area (Å²) in [6.45, 7) is 0. The molecule has 3 aliphatic rings. The second kappa shape index (κ2) is 5.75. The average Bonchev–Trinajstić information content (AvgIpc) is 3.01. The Morgan fingerprint density at radius 3 is 2.72 bits per heavy atom. The first-order valence-corrected chi connectivity index (χ1v) is 9.69. The van der Waals surface area contributed by atoms with Crippen molar-refractivity contribution in [2.24, 2.45) is 4.99 Å². The molecule has 1 atom stereocenters. The van der Waals surface area contributed by atoms with Crippen LogP contribution in [0, 0.1) is 0 Å². The molecule has 3 nitrogen and oxygen atoms in total. The summed E-state index contributed by atoms with van der Waals surface area (Å²) in [5, 5.41) is 1.53. The standard InChI is InChI=1S/C20H15ClN2OS/c21-14-8-5-13(6-9-14)19-16-10-7-12-3-1-2-4-15(12)18(16)22-20-23(19)17(24)11-25-20/h1-6,8-9,19H,7,10-11H2. The maximum atomic E-state index is 12.6. The van der Waals surface area contributed by atoms with Gasteiger partial charge in [0.1, 0.15) is 0 Å². The Hall–Kier alpha value is -2.04. The van der Waals surface area contributed by atoms with Crippen LogP contribution in [0.3, 0.4) is 0 Å². The van der Waals surface area contributed by atoms with Crippen LogP contribution < -0.4 is 0 Å². The number of thioether (sulfide) groups is 1. The highest BCUT2D eigenvalue weighted by molar-refractivity contribution is 8.15. The normalized spacial score (nSPS) is 21.6. The molecule has 0 bridgehead atoms. The minimum atomic E-state index is -0.0735. The summed E-state index contributed by atoms with van der Waals surface area (Å²) in [6, 6.07) is 16.2. The molecule has 2 aromatic rings. The smallest absolute Gasteiger partial charge is 0.239 e. The van der Waals surface area contributed by atoms with E-state index >= 15 is 0 Å². The number of aryl methyl sites for hydroxylation is 1. The number of hydrogen-bond donors (Lipinski definition) is 0. The van der Waals surface area contributed by atoms with Crippen molar-refractivity contribution in [3.05, 3.63) is 75.8 Å². The predicted molar refractivity (Wildman–Crippen MR) is 103 cm³/mol. The van der Waals surface area contributed by atoms with E-state index in [2.05, 4.69) is 24.3 Å². The summed E-state index contributed by atoms with van der Waals surface area (Å²) in [5.41, 5.74) is 5.92. The van der Waals surface area contributed by atoms with E-state index in [1.54, 1.807) is 0 Å². The van der Waals surface area contributed by atoms with Gasteiger partial charge in [-0.1, -0.05) is 59.8 Å². The predicted octanol–water partition coefficient (Wildman–Crippen LogP) is 4.68. The zero-order valence-corrected chi connectivity index (χ0v) is 15.0. The van der Waals surface area contributed by atoms with Crippen molar-refractivity contribution in [1.29, 1.82) is 0 Å². The fraction of sp³-hybridized carbons (Fsp3) is 0.200. The third-order valence-corrected chi connectivity index (χ3v) is 6.21. The Bertz CT molecular complexity index is 948. The molecule has 124 valence electrons. The minimum Gasteiger partial charge on any atom is -0.279 e. The van der Waals surface area contributed by atoms with Gasteiger partial charge in [0.2, 0.25) is 5.91 Å². The van der Waals surface area contributed by atoms with Crippen LogP contribution in [0.15, 0.2) is 59.1 Å². The summed E-state index contributed by atoms with van der Waals surface area (Å²) >= 11 is 7.61.